The number of nitrogens with one attached hydrogen (secondary N) is 1. The highest BCUT2D eigenvalue weighted by Crippen LogP contribution is 2.35. The Bertz CT molecular complexity index is 340. The van der Waals surface area contributed by atoms with Crippen molar-refractivity contribution in [2.24, 2.45) is 11.7 Å². The second-order valence-corrected chi connectivity index (χ2v) is 4.49. The zero-order valence-corrected chi connectivity index (χ0v) is 9.52. The standard InChI is InChI=1S/C13H20N2O/c14-9-10-5-7-15-8-6-11(10)12-3-1-2-4-13(12)16/h1-4,10-11,15-16H,5-9,14H2. The zero-order valence-electron chi connectivity index (χ0n) is 9.52. The molecular formula is C13H20N2O. The molecule has 88 valence electrons. The molecule has 1 aliphatic rings. The van der Waals surface area contributed by atoms with Crippen LogP contribution < -0.4 is 11.1 Å². The number of nitrogens with two attached hydrogens (primary N) is 1. The molecule has 0 radical (unpaired) electrons. The van der Waals surface area contributed by atoms with Gasteiger partial charge in [-0.1, -0.05) is 18.2 Å². The minimum absolute atomic E-state index is 0.390. The van der Waals surface area contributed by atoms with Gasteiger partial charge in [-0.2, -0.15) is 0 Å². The Balaban J connectivity index is 2.25. The summed E-state index contributed by atoms with van der Waals surface area (Å²) in [6.45, 7) is 2.74. The molecule has 0 aliphatic carbocycles. The van der Waals surface area contributed by atoms with Gasteiger partial charge in [0.1, 0.15) is 5.75 Å². The summed E-state index contributed by atoms with van der Waals surface area (Å²) < 4.78 is 0. The molecule has 0 bridgehead atoms. The van der Waals surface area contributed by atoms with Gasteiger partial charge in [-0.25, -0.2) is 0 Å². The predicted molar refractivity (Wildman–Crippen MR) is 65.5 cm³/mol. The number of aromatic hydroxyl groups is 1. The summed E-state index contributed by atoms with van der Waals surface area (Å²) in [4.78, 5) is 0. The van der Waals surface area contributed by atoms with Crippen LogP contribution in [0.4, 0.5) is 0 Å². The van der Waals surface area contributed by atoms with E-state index in [1.807, 2.05) is 18.2 Å². The van der Waals surface area contributed by atoms with Gasteiger partial charge in [0.2, 0.25) is 0 Å². The third-order valence-corrected chi connectivity index (χ3v) is 3.53. The van der Waals surface area contributed by atoms with Gasteiger partial charge >= 0.3 is 0 Å². The van der Waals surface area contributed by atoms with Crippen LogP contribution in [0.1, 0.15) is 24.3 Å². The van der Waals surface area contributed by atoms with E-state index < -0.39 is 0 Å². The first kappa shape index (κ1) is 11.4. The Labute approximate surface area is 96.7 Å². The Hall–Kier alpha value is -1.06. The van der Waals surface area contributed by atoms with E-state index >= 15 is 0 Å². The molecule has 0 aromatic heterocycles. The summed E-state index contributed by atoms with van der Waals surface area (Å²) >= 11 is 0. The van der Waals surface area contributed by atoms with Crippen molar-refractivity contribution in [2.45, 2.75) is 18.8 Å². The van der Waals surface area contributed by atoms with Crippen molar-refractivity contribution in [3.63, 3.8) is 0 Å². The van der Waals surface area contributed by atoms with Crippen LogP contribution in [0.5, 0.6) is 5.75 Å². The monoisotopic (exact) mass is 220 g/mol. The van der Waals surface area contributed by atoms with Gasteiger partial charge in [-0.05, 0) is 55.9 Å². The van der Waals surface area contributed by atoms with Gasteiger partial charge in [0.25, 0.3) is 0 Å². The topological polar surface area (TPSA) is 58.3 Å². The fourth-order valence-electron chi connectivity index (χ4n) is 2.60. The number of hydrogen-bond acceptors (Lipinski definition) is 3. The lowest BCUT2D eigenvalue weighted by Gasteiger charge is -2.24. The molecule has 2 rings (SSSR count). The molecule has 1 aliphatic heterocycles. The largest absolute Gasteiger partial charge is 0.508 e. The van der Waals surface area contributed by atoms with Gasteiger partial charge in [-0.3, -0.25) is 0 Å². The first-order valence-electron chi connectivity index (χ1n) is 6.01. The van der Waals surface area contributed by atoms with Crippen LogP contribution in [0.2, 0.25) is 0 Å². The molecule has 16 heavy (non-hydrogen) atoms. The lowest BCUT2D eigenvalue weighted by atomic mass is 9.82. The molecule has 0 amide bonds. The quantitative estimate of drug-likeness (QED) is 0.706. The smallest absolute Gasteiger partial charge is 0.119 e. The highest BCUT2D eigenvalue weighted by molar-refractivity contribution is 5.35. The number of phenols is 1. The van der Waals surface area contributed by atoms with Crippen LogP contribution in [0.3, 0.4) is 0 Å². The molecule has 1 aromatic rings. The number of benzene rings is 1. The average Bonchev–Trinajstić information content (AvgIpc) is 2.54. The maximum atomic E-state index is 9.91. The van der Waals surface area contributed by atoms with Gasteiger partial charge in [0, 0.05) is 0 Å². The fourth-order valence-corrected chi connectivity index (χ4v) is 2.60. The van der Waals surface area contributed by atoms with E-state index in [-0.39, 0.29) is 0 Å². The van der Waals surface area contributed by atoms with Gasteiger partial charge in [-0.15, -0.1) is 0 Å². The van der Waals surface area contributed by atoms with Gasteiger partial charge in [0.05, 0.1) is 0 Å². The molecule has 3 heteroatoms. The number of rotatable bonds is 2. The Kier molecular flexibility index (Phi) is 3.80. The average molecular weight is 220 g/mol. The van der Waals surface area contributed by atoms with Crippen molar-refractivity contribution in [3.8, 4) is 5.75 Å². The predicted octanol–water partition coefficient (Wildman–Crippen LogP) is 1.43. The Morgan fingerprint density at radius 3 is 2.75 bits per heavy atom. The first-order chi connectivity index (χ1) is 7.83. The molecular weight excluding hydrogens is 200 g/mol. The number of hydrogen-bond donors (Lipinski definition) is 3. The zero-order chi connectivity index (χ0) is 11.4. The second kappa shape index (κ2) is 5.32. The van der Waals surface area contributed by atoms with Gasteiger partial charge in [0.15, 0.2) is 0 Å². The lowest BCUT2D eigenvalue weighted by Crippen LogP contribution is -2.22. The Morgan fingerprint density at radius 2 is 2.00 bits per heavy atom. The summed E-state index contributed by atoms with van der Waals surface area (Å²) in [6.07, 6.45) is 2.15. The molecule has 1 aromatic carbocycles. The molecule has 0 spiro atoms. The first-order valence-corrected chi connectivity index (χ1v) is 6.01. The number of para-hydroxylation sites is 1. The molecule has 3 nitrogen and oxygen atoms in total. The molecule has 1 fully saturated rings. The molecule has 4 N–H and O–H groups in total. The van der Waals surface area contributed by atoms with E-state index in [4.69, 9.17) is 5.73 Å². The normalized spacial score (nSPS) is 26.3. The second-order valence-electron chi connectivity index (χ2n) is 4.49. The molecule has 1 heterocycles. The van der Waals surface area contributed by atoms with Gasteiger partial charge < -0.3 is 16.2 Å². The van der Waals surface area contributed by atoms with Crippen LogP contribution >= 0.6 is 0 Å². The van der Waals surface area contributed by atoms with Crippen LogP contribution in [-0.4, -0.2) is 24.7 Å². The molecule has 0 saturated carbocycles. The van der Waals surface area contributed by atoms with E-state index in [1.54, 1.807) is 6.07 Å². The molecule has 1 saturated heterocycles. The van der Waals surface area contributed by atoms with Crippen molar-refractivity contribution >= 4 is 0 Å². The summed E-state index contributed by atoms with van der Waals surface area (Å²) in [7, 11) is 0. The van der Waals surface area contributed by atoms with Crippen LogP contribution in [0, 0.1) is 5.92 Å². The SMILES string of the molecule is NCC1CCNCCC1c1ccccc1O. The van der Waals surface area contributed by atoms with Crippen LogP contribution in [0.25, 0.3) is 0 Å². The summed E-state index contributed by atoms with van der Waals surface area (Å²) in [6, 6.07) is 7.64. The van der Waals surface area contributed by atoms with Crippen molar-refractivity contribution in [1.82, 2.24) is 5.32 Å². The van der Waals surface area contributed by atoms with E-state index in [1.165, 1.54) is 0 Å². The minimum Gasteiger partial charge on any atom is -0.508 e. The van der Waals surface area contributed by atoms with E-state index in [2.05, 4.69) is 5.32 Å². The summed E-state index contributed by atoms with van der Waals surface area (Å²) in [5, 5.41) is 13.3. The minimum atomic E-state index is 0.390. The maximum absolute atomic E-state index is 9.91. The maximum Gasteiger partial charge on any atom is 0.119 e. The third kappa shape index (κ3) is 2.36. The lowest BCUT2D eigenvalue weighted by molar-refractivity contribution is 0.396. The highest BCUT2D eigenvalue weighted by Gasteiger charge is 2.25. The van der Waals surface area contributed by atoms with Crippen molar-refractivity contribution in [3.05, 3.63) is 29.8 Å². The van der Waals surface area contributed by atoms with Crippen molar-refractivity contribution in [1.29, 1.82) is 0 Å². The summed E-state index contributed by atoms with van der Waals surface area (Å²) in [5.74, 6) is 1.28. The molecule has 2 unspecified atom stereocenters. The number of phenolic OH excluding ortho intramolecular Hbond substituents is 1. The van der Waals surface area contributed by atoms with Crippen LogP contribution in [-0.2, 0) is 0 Å². The van der Waals surface area contributed by atoms with E-state index in [9.17, 15) is 5.11 Å². The Morgan fingerprint density at radius 1 is 1.25 bits per heavy atom. The van der Waals surface area contributed by atoms with E-state index in [0.717, 1.165) is 31.5 Å². The molecule has 2 atom stereocenters. The van der Waals surface area contributed by atoms with Crippen LogP contribution in [0.15, 0.2) is 24.3 Å². The van der Waals surface area contributed by atoms with Crippen molar-refractivity contribution < 1.29 is 5.11 Å². The third-order valence-electron chi connectivity index (χ3n) is 3.53. The fraction of sp³-hybridized carbons (Fsp3) is 0.538. The van der Waals surface area contributed by atoms with Crippen molar-refractivity contribution in [2.75, 3.05) is 19.6 Å². The highest BCUT2D eigenvalue weighted by atomic mass is 16.3. The summed E-state index contributed by atoms with van der Waals surface area (Å²) in [5.41, 5.74) is 6.90. The van der Waals surface area contributed by atoms with E-state index in [0.29, 0.717) is 24.1 Å².